The lowest BCUT2D eigenvalue weighted by molar-refractivity contribution is -0.387. The molecule has 0 aliphatic carbocycles. The van der Waals surface area contributed by atoms with Crippen molar-refractivity contribution in [2.45, 2.75) is 13.0 Å². The van der Waals surface area contributed by atoms with Gasteiger partial charge in [0.25, 0.3) is 0 Å². The van der Waals surface area contributed by atoms with Crippen LogP contribution in [0.15, 0.2) is 40.9 Å². The van der Waals surface area contributed by atoms with Crippen LogP contribution in [-0.4, -0.2) is 4.92 Å². The lowest BCUT2D eigenvalue weighted by atomic mass is 10.1. The molecule has 21 heavy (non-hydrogen) atoms. The number of nitrogens with zero attached hydrogens (tertiary/aromatic N) is 1. The summed E-state index contributed by atoms with van der Waals surface area (Å²) in [6.45, 7) is 1.71. The van der Waals surface area contributed by atoms with E-state index in [1.54, 1.807) is 19.1 Å². The van der Waals surface area contributed by atoms with Crippen LogP contribution in [0.5, 0.6) is 0 Å². The quantitative estimate of drug-likeness (QED) is 0.631. The van der Waals surface area contributed by atoms with Gasteiger partial charge in [-0.05, 0) is 25.1 Å². The van der Waals surface area contributed by atoms with Gasteiger partial charge >= 0.3 is 5.69 Å². The Balaban J connectivity index is 2.21. The van der Waals surface area contributed by atoms with Gasteiger partial charge in [0.1, 0.15) is 5.82 Å². The Morgan fingerprint density at radius 1 is 1.19 bits per heavy atom. The molecule has 0 saturated carbocycles. The SMILES string of the molecule is CC(Nc1ccc([N+](=O)[O-])c(F)c1)c1ccc(Br)cc1F. The minimum atomic E-state index is -0.937. The van der Waals surface area contributed by atoms with E-state index in [4.69, 9.17) is 0 Å². The third-order valence-electron chi connectivity index (χ3n) is 2.96. The minimum absolute atomic E-state index is 0.341. The summed E-state index contributed by atoms with van der Waals surface area (Å²) in [6.07, 6.45) is 0. The van der Waals surface area contributed by atoms with E-state index in [9.17, 15) is 18.9 Å². The van der Waals surface area contributed by atoms with E-state index < -0.39 is 28.3 Å². The highest BCUT2D eigenvalue weighted by Gasteiger charge is 2.16. The number of hydrogen-bond acceptors (Lipinski definition) is 3. The summed E-state index contributed by atoms with van der Waals surface area (Å²) < 4.78 is 28.0. The first-order valence-electron chi connectivity index (χ1n) is 6.04. The summed E-state index contributed by atoms with van der Waals surface area (Å²) in [5.74, 6) is -1.33. The van der Waals surface area contributed by atoms with Gasteiger partial charge in [-0.3, -0.25) is 10.1 Å². The fourth-order valence-corrected chi connectivity index (χ4v) is 2.26. The zero-order chi connectivity index (χ0) is 15.6. The van der Waals surface area contributed by atoms with E-state index in [2.05, 4.69) is 21.2 Å². The number of rotatable bonds is 4. The predicted molar refractivity (Wildman–Crippen MR) is 79.2 cm³/mol. The van der Waals surface area contributed by atoms with Crippen molar-refractivity contribution < 1.29 is 13.7 Å². The number of hydrogen-bond donors (Lipinski definition) is 1. The van der Waals surface area contributed by atoms with Gasteiger partial charge in [0.05, 0.1) is 11.0 Å². The average Bonchev–Trinajstić information content (AvgIpc) is 2.37. The fourth-order valence-electron chi connectivity index (χ4n) is 1.93. The van der Waals surface area contributed by atoms with Crippen LogP contribution in [-0.2, 0) is 0 Å². The van der Waals surface area contributed by atoms with Crippen molar-refractivity contribution in [1.29, 1.82) is 0 Å². The molecule has 110 valence electrons. The van der Waals surface area contributed by atoms with Gasteiger partial charge in [0, 0.05) is 27.9 Å². The van der Waals surface area contributed by atoms with Gasteiger partial charge in [-0.2, -0.15) is 4.39 Å². The molecule has 1 N–H and O–H groups in total. The molecule has 0 aliphatic heterocycles. The number of nitro groups is 1. The van der Waals surface area contributed by atoms with Crippen LogP contribution in [0.3, 0.4) is 0 Å². The molecule has 1 atom stereocenters. The number of benzene rings is 2. The van der Waals surface area contributed by atoms with E-state index in [0.29, 0.717) is 15.7 Å². The normalized spacial score (nSPS) is 12.0. The van der Waals surface area contributed by atoms with E-state index in [0.717, 1.165) is 12.1 Å². The maximum Gasteiger partial charge on any atom is 0.304 e. The third-order valence-corrected chi connectivity index (χ3v) is 3.45. The molecule has 0 bridgehead atoms. The highest BCUT2D eigenvalue weighted by molar-refractivity contribution is 9.10. The van der Waals surface area contributed by atoms with Crippen LogP contribution in [0.1, 0.15) is 18.5 Å². The van der Waals surface area contributed by atoms with Crippen molar-refractivity contribution >= 4 is 27.3 Å². The van der Waals surface area contributed by atoms with Crippen molar-refractivity contribution in [3.63, 3.8) is 0 Å². The standard InChI is InChI=1S/C14H11BrF2N2O2/c1-8(11-4-2-9(15)6-12(11)16)18-10-3-5-14(19(20)21)13(17)7-10/h2-8,18H,1H3. The molecule has 4 nitrogen and oxygen atoms in total. The van der Waals surface area contributed by atoms with Gasteiger partial charge in [-0.1, -0.05) is 22.0 Å². The van der Waals surface area contributed by atoms with E-state index in [1.807, 2.05) is 0 Å². The van der Waals surface area contributed by atoms with Gasteiger partial charge < -0.3 is 5.32 Å². The van der Waals surface area contributed by atoms with Gasteiger partial charge in [0.15, 0.2) is 0 Å². The molecule has 2 rings (SSSR count). The van der Waals surface area contributed by atoms with Crippen LogP contribution < -0.4 is 5.32 Å². The Morgan fingerprint density at radius 2 is 1.90 bits per heavy atom. The molecule has 0 radical (unpaired) electrons. The van der Waals surface area contributed by atoms with Crippen molar-refractivity contribution in [1.82, 2.24) is 0 Å². The summed E-state index contributed by atoms with van der Waals surface area (Å²) in [4.78, 5) is 9.75. The molecule has 1 unspecified atom stereocenters. The smallest absolute Gasteiger partial charge is 0.304 e. The molecule has 0 heterocycles. The zero-order valence-corrected chi connectivity index (χ0v) is 12.5. The topological polar surface area (TPSA) is 55.2 Å². The summed E-state index contributed by atoms with van der Waals surface area (Å²) >= 11 is 3.17. The van der Waals surface area contributed by atoms with Gasteiger partial charge in [-0.25, -0.2) is 4.39 Å². The second-order valence-electron chi connectivity index (χ2n) is 4.46. The molecule has 0 aliphatic rings. The van der Waals surface area contributed by atoms with Crippen LogP contribution in [0.25, 0.3) is 0 Å². The fraction of sp³-hybridized carbons (Fsp3) is 0.143. The Hall–Kier alpha value is -2.02. The summed E-state index contributed by atoms with van der Waals surface area (Å²) in [5.41, 5.74) is 0.160. The van der Waals surface area contributed by atoms with Crippen LogP contribution >= 0.6 is 15.9 Å². The third kappa shape index (κ3) is 3.55. The molecule has 0 fully saturated rings. The number of halogens is 3. The molecule has 2 aromatic rings. The van der Waals surface area contributed by atoms with Crippen LogP contribution in [0.2, 0.25) is 0 Å². The predicted octanol–water partition coefficient (Wildman–Crippen LogP) is 4.81. The van der Waals surface area contributed by atoms with E-state index in [-0.39, 0.29) is 0 Å². The molecular weight excluding hydrogens is 346 g/mol. The monoisotopic (exact) mass is 356 g/mol. The summed E-state index contributed by atoms with van der Waals surface area (Å²) in [5, 5.41) is 13.5. The van der Waals surface area contributed by atoms with Crippen molar-refractivity contribution in [3.8, 4) is 0 Å². The average molecular weight is 357 g/mol. The zero-order valence-electron chi connectivity index (χ0n) is 10.9. The number of anilines is 1. The van der Waals surface area contributed by atoms with Gasteiger partial charge in [-0.15, -0.1) is 0 Å². The van der Waals surface area contributed by atoms with E-state index >= 15 is 0 Å². The molecule has 2 aromatic carbocycles. The van der Waals surface area contributed by atoms with Crippen molar-refractivity contribution in [2.75, 3.05) is 5.32 Å². The first kappa shape index (κ1) is 15.4. The van der Waals surface area contributed by atoms with Crippen LogP contribution in [0, 0.1) is 21.7 Å². The van der Waals surface area contributed by atoms with Gasteiger partial charge in [0.2, 0.25) is 5.82 Å². The molecule has 0 spiro atoms. The largest absolute Gasteiger partial charge is 0.378 e. The Morgan fingerprint density at radius 3 is 2.48 bits per heavy atom. The molecule has 0 aromatic heterocycles. The minimum Gasteiger partial charge on any atom is -0.378 e. The Kier molecular flexibility index (Phi) is 4.52. The highest BCUT2D eigenvalue weighted by Crippen LogP contribution is 2.26. The first-order chi connectivity index (χ1) is 9.88. The highest BCUT2D eigenvalue weighted by atomic mass is 79.9. The maximum absolute atomic E-state index is 13.8. The Labute approximate surface area is 128 Å². The second kappa shape index (κ2) is 6.17. The summed E-state index contributed by atoms with van der Waals surface area (Å²) in [7, 11) is 0. The molecule has 0 saturated heterocycles. The van der Waals surface area contributed by atoms with Crippen molar-refractivity contribution in [3.05, 3.63) is 68.2 Å². The summed E-state index contributed by atoms with van der Waals surface area (Å²) in [6, 6.07) is 7.71. The van der Waals surface area contributed by atoms with Crippen molar-refractivity contribution in [2.24, 2.45) is 0 Å². The molecular formula is C14H11BrF2N2O2. The number of nitro benzene ring substituents is 1. The molecule has 0 amide bonds. The lowest BCUT2D eigenvalue weighted by Crippen LogP contribution is -2.09. The van der Waals surface area contributed by atoms with E-state index in [1.165, 1.54) is 12.1 Å². The number of nitrogens with one attached hydrogen (secondary N) is 1. The maximum atomic E-state index is 13.8. The first-order valence-corrected chi connectivity index (χ1v) is 6.83. The Bertz CT molecular complexity index is 695. The van der Waals surface area contributed by atoms with Crippen LogP contribution in [0.4, 0.5) is 20.2 Å². The molecule has 7 heteroatoms. The lowest BCUT2D eigenvalue weighted by Gasteiger charge is -2.16. The second-order valence-corrected chi connectivity index (χ2v) is 5.37.